The maximum atomic E-state index is 11.2. The molecule has 0 aliphatic rings. The third-order valence-electron chi connectivity index (χ3n) is 2.63. The highest BCUT2D eigenvalue weighted by Gasteiger charge is 2.05. The predicted molar refractivity (Wildman–Crippen MR) is 69.2 cm³/mol. The summed E-state index contributed by atoms with van der Waals surface area (Å²) in [5.41, 5.74) is 2.00. The number of ketones is 1. The Morgan fingerprint density at radius 1 is 1.06 bits per heavy atom. The molecule has 0 saturated heterocycles. The third-order valence-corrected chi connectivity index (χ3v) is 2.63. The summed E-state index contributed by atoms with van der Waals surface area (Å²) in [5, 5.41) is 0. The molecule has 2 heteroatoms. The SMILES string of the molecule is CCCN(CCC)c1ccc(C(C)=O)cc1. The zero-order chi connectivity index (χ0) is 12.0. The van der Waals surface area contributed by atoms with Crippen molar-refractivity contribution >= 4 is 11.5 Å². The number of hydrogen-bond donors (Lipinski definition) is 0. The predicted octanol–water partition coefficient (Wildman–Crippen LogP) is 3.52. The lowest BCUT2D eigenvalue weighted by Crippen LogP contribution is -2.24. The Morgan fingerprint density at radius 2 is 1.56 bits per heavy atom. The van der Waals surface area contributed by atoms with Crippen LogP contribution < -0.4 is 4.90 Å². The highest BCUT2D eigenvalue weighted by molar-refractivity contribution is 5.94. The first-order chi connectivity index (χ1) is 7.69. The first-order valence-electron chi connectivity index (χ1n) is 6.05. The molecular weight excluding hydrogens is 198 g/mol. The van der Waals surface area contributed by atoms with E-state index in [0.29, 0.717) is 0 Å². The molecule has 0 amide bonds. The molecule has 88 valence electrons. The highest BCUT2D eigenvalue weighted by atomic mass is 16.1. The molecule has 2 nitrogen and oxygen atoms in total. The van der Waals surface area contributed by atoms with E-state index in [2.05, 4.69) is 18.7 Å². The van der Waals surface area contributed by atoms with Gasteiger partial charge in [0.1, 0.15) is 0 Å². The van der Waals surface area contributed by atoms with Crippen LogP contribution >= 0.6 is 0 Å². The van der Waals surface area contributed by atoms with Crippen LogP contribution in [-0.2, 0) is 0 Å². The maximum absolute atomic E-state index is 11.2. The molecule has 0 atom stereocenters. The van der Waals surface area contributed by atoms with Crippen LogP contribution in [0.15, 0.2) is 24.3 Å². The number of nitrogens with zero attached hydrogens (tertiary/aromatic N) is 1. The van der Waals surface area contributed by atoms with Crippen LogP contribution in [0.5, 0.6) is 0 Å². The number of benzene rings is 1. The van der Waals surface area contributed by atoms with E-state index in [1.54, 1.807) is 6.92 Å². The monoisotopic (exact) mass is 219 g/mol. The van der Waals surface area contributed by atoms with Gasteiger partial charge in [-0.3, -0.25) is 4.79 Å². The van der Waals surface area contributed by atoms with Crippen molar-refractivity contribution in [2.24, 2.45) is 0 Å². The normalized spacial score (nSPS) is 10.2. The molecule has 0 heterocycles. The Hall–Kier alpha value is -1.31. The second kappa shape index (κ2) is 6.31. The van der Waals surface area contributed by atoms with Crippen LogP contribution in [0, 0.1) is 0 Å². The molecular formula is C14H21NO. The van der Waals surface area contributed by atoms with Crippen molar-refractivity contribution in [3.8, 4) is 0 Å². The lowest BCUT2D eigenvalue weighted by Gasteiger charge is -2.23. The standard InChI is InChI=1S/C14H21NO/c1-4-10-15(11-5-2)14-8-6-13(7-9-14)12(3)16/h6-9H,4-5,10-11H2,1-3H3. The average molecular weight is 219 g/mol. The quantitative estimate of drug-likeness (QED) is 0.682. The van der Waals surface area contributed by atoms with Gasteiger partial charge in [0, 0.05) is 24.3 Å². The van der Waals surface area contributed by atoms with Crippen LogP contribution in [0.25, 0.3) is 0 Å². The minimum Gasteiger partial charge on any atom is -0.372 e. The van der Waals surface area contributed by atoms with E-state index in [4.69, 9.17) is 0 Å². The number of Topliss-reactive ketones (excluding diaryl/α,β-unsaturated/α-hetero) is 1. The summed E-state index contributed by atoms with van der Waals surface area (Å²) in [6.45, 7) is 8.13. The van der Waals surface area contributed by atoms with Crippen molar-refractivity contribution in [2.45, 2.75) is 33.6 Å². The van der Waals surface area contributed by atoms with Crippen molar-refractivity contribution in [1.29, 1.82) is 0 Å². The number of anilines is 1. The molecule has 0 N–H and O–H groups in total. The van der Waals surface area contributed by atoms with Gasteiger partial charge < -0.3 is 4.90 Å². The molecule has 16 heavy (non-hydrogen) atoms. The molecule has 0 fully saturated rings. The lowest BCUT2D eigenvalue weighted by atomic mass is 10.1. The van der Waals surface area contributed by atoms with Crippen LogP contribution in [-0.4, -0.2) is 18.9 Å². The Morgan fingerprint density at radius 3 is 1.94 bits per heavy atom. The second-order valence-corrected chi connectivity index (χ2v) is 4.09. The van der Waals surface area contributed by atoms with Gasteiger partial charge in [-0.15, -0.1) is 0 Å². The summed E-state index contributed by atoms with van der Waals surface area (Å²) < 4.78 is 0. The van der Waals surface area contributed by atoms with Gasteiger partial charge in [-0.2, -0.15) is 0 Å². The fourth-order valence-electron chi connectivity index (χ4n) is 1.82. The molecule has 0 saturated carbocycles. The minimum atomic E-state index is 0.129. The van der Waals surface area contributed by atoms with Crippen LogP contribution in [0.3, 0.4) is 0 Å². The average Bonchev–Trinajstić information content (AvgIpc) is 2.29. The van der Waals surface area contributed by atoms with Gasteiger partial charge in [0.25, 0.3) is 0 Å². The molecule has 1 aromatic carbocycles. The maximum Gasteiger partial charge on any atom is 0.159 e. The minimum absolute atomic E-state index is 0.129. The first-order valence-corrected chi connectivity index (χ1v) is 6.05. The molecule has 0 aromatic heterocycles. The molecule has 0 aliphatic heterocycles. The van der Waals surface area contributed by atoms with E-state index < -0.39 is 0 Å². The van der Waals surface area contributed by atoms with Gasteiger partial charge in [-0.05, 0) is 44.0 Å². The Bertz CT molecular complexity index is 323. The van der Waals surface area contributed by atoms with Crippen molar-refractivity contribution in [1.82, 2.24) is 0 Å². The molecule has 0 unspecified atom stereocenters. The fourth-order valence-corrected chi connectivity index (χ4v) is 1.82. The van der Waals surface area contributed by atoms with E-state index in [0.717, 1.165) is 31.5 Å². The molecule has 1 rings (SSSR count). The summed E-state index contributed by atoms with van der Waals surface area (Å²) in [6.07, 6.45) is 2.29. The first kappa shape index (κ1) is 12.8. The van der Waals surface area contributed by atoms with Gasteiger partial charge in [-0.25, -0.2) is 0 Å². The number of carbonyl (C=O) groups is 1. The van der Waals surface area contributed by atoms with E-state index in [1.807, 2.05) is 24.3 Å². The van der Waals surface area contributed by atoms with Gasteiger partial charge in [-0.1, -0.05) is 13.8 Å². The number of carbonyl (C=O) groups excluding carboxylic acids is 1. The molecule has 0 radical (unpaired) electrons. The largest absolute Gasteiger partial charge is 0.372 e. The summed E-state index contributed by atoms with van der Waals surface area (Å²) in [7, 11) is 0. The Labute approximate surface area is 98.3 Å². The van der Waals surface area contributed by atoms with Crippen LogP contribution in [0.2, 0.25) is 0 Å². The van der Waals surface area contributed by atoms with E-state index in [-0.39, 0.29) is 5.78 Å². The fraction of sp³-hybridized carbons (Fsp3) is 0.500. The molecule has 1 aromatic rings. The molecule has 0 bridgehead atoms. The second-order valence-electron chi connectivity index (χ2n) is 4.09. The van der Waals surface area contributed by atoms with Gasteiger partial charge in [0.05, 0.1) is 0 Å². The summed E-state index contributed by atoms with van der Waals surface area (Å²) in [6, 6.07) is 7.91. The van der Waals surface area contributed by atoms with Crippen molar-refractivity contribution in [3.05, 3.63) is 29.8 Å². The zero-order valence-electron chi connectivity index (χ0n) is 10.5. The van der Waals surface area contributed by atoms with Crippen LogP contribution in [0.1, 0.15) is 44.0 Å². The van der Waals surface area contributed by atoms with Gasteiger partial charge >= 0.3 is 0 Å². The highest BCUT2D eigenvalue weighted by Crippen LogP contribution is 2.16. The number of rotatable bonds is 6. The van der Waals surface area contributed by atoms with E-state index >= 15 is 0 Å². The smallest absolute Gasteiger partial charge is 0.159 e. The zero-order valence-corrected chi connectivity index (χ0v) is 10.5. The summed E-state index contributed by atoms with van der Waals surface area (Å²) in [5.74, 6) is 0.129. The summed E-state index contributed by atoms with van der Waals surface area (Å²) >= 11 is 0. The van der Waals surface area contributed by atoms with Crippen molar-refractivity contribution < 1.29 is 4.79 Å². The number of hydrogen-bond acceptors (Lipinski definition) is 2. The van der Waals surface area contributed by atoms with Crippen molar-refractivity contribution in [2.75, 3.05) is 18.0 Å². The molecule has 0 spiro atoms. The van der Waals surface area contributed by atoms with Crippen LogP contribution in [0.4, 0.5) is 5.69 Å². The Kier molecular flexibility index (Phi) is 5.03. The topological polar surface area (TPSA) is 20.3 Å². The van der Waals surface area contributed by atoms with Gasteiger partial charge in [0.15, 0.2) is 5.78 Å². The Balaban J connectivity index is 2.80. The third kappa shape index (κ3) is 3.37. The molecule has 0 aliphatic carbocycles. The lowest BCUT2D eigenvalue weighted by molar-refractivity contribution is 0.101. The summed E-state index contributed by atoms with van der Waals surface area (Å²) in [4.78, 5) is 13.5. The van der Waals surface area contributed by atoms with E-state index in [9.17, 15) is 4.79 Å². The van der Waals surface area contributed by atoms with E-state index in [1.165, 1.54) is 5.69 Å². The van der Waals surface area contributed by atoms with Crippen molar-refractivity contribution in [3.63, 3.8) is 0 Å². The van der Waals surface area contributed by atoms with Gasteiger partial charge in [0.2, 0.25) is 0 Å².